The minimum Gasteiger partial charge on any atom is -0.389 e. The van der Waals surface area contributed by atoms with Gasteiger partial charge in [-0.15, -0.1) is 10.2 Å². The van der Waals surface area contributed by atoms with E-state index in [0.29, 0.717) is 27.6 Å². The summed E-state index contributed by atoms with van der Waals surface area (Å²) in [4.78, 5) is 11.6. The summed E-state index contributed by atoms with van der Waals surface area (Å²) in [5, 5.41) is 22.7. The quantitative estimate of drug-likeness (QED) is 0.157. The summed E-state index contributed by atoms with van der Waals surface area (Å²) in [7, 11) is -3.76. The largest absolute Gasteiger partial charge is 0.389 e. The molecule has 4 N–H and O–H groups in total. The molecule has 1 aromatic carbocycles. The second-order valence-electron chi connectivity index (χ2n) is 8.57. The van der Waals surface area contributed by atoms with Crippen LogP contribution in [-0.2, 0) is 14.8 Å². The van der Waals surface area contributed by atoms with Crippen molar-refractivity contribution in [3.63, 3.8) is 0 Å². The Bertz CT molecular complexity index is 1570. The van der Waals surface area contributed by atoms with Gasteiger partial charge < -0.3 is 20.8 Å². The summed E-state index contributed by atoms with van der Waals surface area (Å²) in [5.74, 6) is 0.499. The van der Waals surface area contributed by atoms with Crippen molar-refractivity contribution in [3.05, 3.63) is 66.5 Å². The van der Waals surface area contributed by atoms with Crippen molar-refractivity contribution < 1.29 is 13.2 Å². The molecule has 39 heavy (non-hydrogen) atoms. The van der Waals surface area contributed by atoms with Gasteiger partial charge in [0.25, 0.3) is 10.0 Å². The topological polar surface area (TPSA) is 158 Å². The lowest BCUT2D eigenvalue weighted by Crippen LogP contribution is -2.39. The van der Waals surface area contributed by atoms with Crippen LogP contribution in [0.15, 0.2) is 65.8 Å². The van der Waals surface area contributed by atoms with Crippen LogP contribution in [0, 0.1) is 5.41 Å². The fraction of sp³-hybridized carbons (Fsp3) is 0.240. The Labute approximate surface area is 229 Å². The highest BCUT2D eigenvalue weighted by atomic mass is 32.2. The van der Waals surface area contributed by atoms with Gasteiger partial charge in [-0.05, 0) is 30.3 Å². The maximum atomic E-state index is 12.5. The standard InChI is InChI=1S/C25H27N9O3S2/c26-15-19(16-27-8-9-34-10-12-37-13-11-34)18-14-22-21(28-17-18)6-7-23(29-22)30-24-31-32-25(38-24)33-39(35,36)20-4-2-1-3-5-20/h1-7,14-17,26-27H,8-13H2,(H,32,33)(H,29,30,31)/b19-16+,26-15?. The molecule has 14 heteroatoms. The van der Waals surface area contributed by atoms with E-state index >= 15 is 0 Å². The number of hydrogen-bond donors (Lipinski definition) is 4. The molecule has 4 aromatic rings. The zero-order valence-corrected chi connectivity index (χ0v) is 22.5. The molecule has 0 amide bonds. The van der Waals surface area contributed by atoms with Crippen molar-refractivity contribution in [2.75, 3.05) is 49.4 Å². The van der Waals surface area contributed by atoms with Crippen molar-refractivity contribution in [3.8, 4) is 0 Å². The molecule has 0 aliphatic carbocycles. The number of anilines is 3. The first-order valence-corrected chi connectivity index (χ1v) is 14.5. The van der Waals surface area contributed by atoms with E-state index in [1.807, 2.05) is 18.3 Å². The molecule has 0 unspecified atom stereocenters. The smallest absolute Gasteiger partial charge is 0.263 e. The lowest BCUT2D eigenvalue weighted by Gasteiger charge is -2.26. The number of fused-ring (bicyclic) bond motifs is 1. The maximum absolute atomic E-state index is 12.5. The van der Waals surface area contributed by atoms with Gasteiger partial charge in [-0.2, -0.15) is 0 Å². The number of nitrogens with zero attached hydrogens (tertiary/aromatic N) is 5. The van der Waals surface area contributed by atoms with Crippen molar-refractivity contribution in [2.45, 2.75) is 4.90 Å². The molecule has 1 saturated heterocycles. The summed E-state index contributed by atoms with van der Waals surface area (Å²) in [6.45, 7) is 5.06. The van der Waals surface area contributed by atoms with Crippen LogP contribution in [0.5, 0.6) is 0 Å². The Morgan fingerprint density at radius 3 is 2.67 bits per heavy atom. The number of benzene rings is 1. The van der Waals surface area contributed by atoms with Gasteiger partial charge in [-0.25, -0.2) is 13.4 Å². The molecule has 1 aliphatic rings. The van der Waals surface area contributed by atoms with Crippen LogP contribution in [-0.4, -0.2) is 79.1 Å². The average Bonchev–Trinajstić information content (AvgIpc) is 3.39. The van der Waals surface area contributed by atoms with Gasteiger partial charge in [-0.3, -0.25) is 14.6 Å². The molecule has 0 atom stereocenters. The molecule has 202 valence electrons. The van der Waals surface area contributed by atoms with Gasteiger partial charge >= 0.3 is 0 Å². The number of ether oxygens (including phenoxy) is 1. The van der Waals surface area contributed by atoms with E-state index in [1.54, 1.807) is 30.5 Å². The van der Waals surface area contributed by atoms with Crippen LogP contribution < -0.4 is 15.4 Å². The van der Waals surface area contributed by atoms with E-state index in [2.05, 4.69) is 40.4 Å². The second kappa shape index (κ2) is 12.3. The van der Waals surface area contributed by atoms with Crippen LogP contribution >= 0.6 is 11.3 Å². The Morgan fingerprint density at radius 1 is 1.08 bits per heavy atom. The fourth-order valence-corrected chi connectivity index (χ4v) is 5.77. The predicted molar refractivity (Wildman–Crippen MR) is 152 cm³/mol. The van der Waals surface area contributed by atoms with Gasteiger partial charge in [0.2, 0.25) is 10.3 Å². The van der Waals surface area contributed by atoms with Crippen molar-refractivity contribution in [1.29, 1.82) is 5.41 Å². The van der Waals surface area contributed by atoms with Gasteiger partial charge in [-0.1, -0.05) is 29.5 Å². The van der Waals surface area contributed by atoms with Crippen LogP contribution in [0.3, 0.4) is 0 Å². The number of morpholine rings is 1. The molecule has 0 bridgehead atoms. The number of allylic oxidation sites excluding steroid dienone is 1. The first-order chi connectivity index (χ1) is 19.0. The van der Waals surface area contributed by atoms with Crippen molar-refractivity contribution in [2.24, 2.45) is 0 Å². The summed E-state index contributed by atoms with van der Waals surface area (Å²) in [6.07, 6.45) is 4.82. The summed E-state index contributed by atoms with van der Waals surface area (Å²) >= 11 is 1.05. The van der Waals surface area contributed by atoms with Gasteiger partial charge in [0, 0.05) is 55.9 Å². The Hall–Kier alpha value is -3.98. The number of pyridine rings is 2. The van der Waals surface area contributed by atoms with Crippen molar-refractivity contribution in [1.82, 2.24) is 30.4 Å². The number of nitrogens with one attached hydrogen (secondary N) is 4. The normalized spacial score (nSPS) is 14.7. The highest BCUT2D eigenvalue weighted by Gasteiger charge is 2.17. The van der Waals surface area contributed by atoms with Gasteiger partial charge in [0.15, 0.2) is 0 Å². The first-order valence-electron chi connectivity index (χ1n) is 12.2. The van der Waals surface area contributed by atoms with Crippen LogP contribution in [0.4, 0.5) is 16.1 Å². The lowest BCUT2D eigenvalue weighted by molar-refractivity contribution is 0.0388. The van der Waals surface area contributed by atoms with E-state index in [-0.39, 0.29) is 10.0 Å². The molecule has 1 aliphatic heterocycles. The van der Waals surface area contributed by atoms with Crippen LogP contribution in [0.2, 0.25) is 0 Å². The van der Waals surface area contributed by atoms with E-state index in [1.165, 1.54) is 18.3 Å². The van der Waals surface area contributed by atoms with Crippen LogP contribution in [0.1, 0.15) is 5.56 Å². The molecule has 0 radical (unpaired) electrons. The van der Waals surface area contributed by atoms with Crippen LogP contribution in [0.25, 0.3) is 16.6 Å². The molecule has 1 fully saturated rings. The Morgan fingerprint density at radius 2 is 1.87 bits per heavy atom. The highest BCUT2D eigenvalue weighted by Crippen LogP contribution is 2.26. The zero-order valence-electron chi connectivity index (χ0n) is 20.9. The monoisotopic (exact) mass is 565 g/mol. The van der Waals surface area contributed by atoms with E-state index in [0.717, 1.165) is 56.3 Å². The fourth-order valence-electron chi connectivity index (χ4n) is 3.87. The van der Waals surface area contributed by atoms with Gasteiger partial charge in [0.05, 0.1) is 29.1 Å². The number of rotatable bonds is 11. The first kappa shape index (κ1) is 26.6. The highest BCUT2D eigenvalue weighted by molar-refractivity contribution is 7.93. The minimum absolute atomic E-state index is 0.132. The van der Waals surface area contributed by atoms with Crippen molar-refractivity contribution >= 4 is 60.3 Å². The average molecular weight is 566 g/mol. The maximum Gasteiger partial charge on any atom is 0.263 e. The summed E-state index contributed by atoms with van der Waals surface area (Å²) < 4.78 is 32.9. The predicted octanol–water partition coefficient (Wildman–Crippen LogP) is 2.94. The third-order valence-corrected chi connectivity index (χ3v) is 8.13. The SMILES string of the molecule is N=C/C(=C\NCCN1CCOCC1)c1cnc2ccc(Nc3nnc(NS(=O)(=O)c4ccccc4)s3)nc2c1. The number of hydrogen-bond acceptors (Lipinski definition) is 12. The third kappa shape index (κ3) is 6.92. The van der Waals surface area contributed by atoms with E-state index < -0.39 is 10.0 Å². The molecule has 12 nitrogen and oxygen atoms in total. The summed E-state index contributed by atoms with van der Waals surface area (Å²) in [5.41, 5.74) is 2.77. The molecule has 0 saturated carbocycles. The van der Waals surface area contributed by atoms with Gasteiger partial charge in [0.1, 0.15) is 5.82 Å². The molecular weight excluding hydrogens is 538 g/mol. The Balaban J connectivity index is 1.25. The molecule has 5 rings (SSSR count). The number of sulfonamides is 1. The van der Waals surface area contributed by atoms with E-state index in [9.17, 15) is 8.42 Å². The second-order valence-corrected chi connectivity index (χ2v) is 11.2. The minimum atomic E-state index is -3.76. The summed E-state index contributed by atoms with van der Waals surface area (Å²) in [6, 6.07) is 13.5. The third-order valence-electron chi connectivity index (χ3n) is 5.90. The Kier molecular flexibility index (Phi) is 8.36. The zero-order chi connectivity index (χ0) is 27.1. The lowest BCUT2D eigenvalue weighted by atomic mass is 10.1. The van der Waals surface area contributed by atoms with E-state index in [4.69, 9.17) is 10.1 Å². The number of aromatic nitrogens is 4. The molecule has 4 heterocycles. The molecule has 3 aromatic heterocycles. The molecule has 0 spiro atoms. The molecular formula is C25H27N9O3S2.